The number of rotatable bonds is 7. The molecule has 132 valence electrons. The third-order valence-electron chi connectivity index (χ3n) is 3.72. The van der Waals surface area contributed by atoms with Crippen molar-refractivity contribution in [1.29, 1.82) is 0 Å². The molecule has 0 spiro atoms. The quantitative estimate of drug-likeness (QED) is 0.629. The minimum absolute atomic E-state index is 0.0792. The third kappa shape index (κ3) is 4.55. The van der Waals surface area contributed by atoms with Crippen molar-refractivity contribution in [3.05, 3.63) is 65.7 Å². The van der Waals surface area contributed by atoms with E-state index in [1.807, 2.05) is 36.6 Å². The number of ether oxygens (including phenoxy) is 1. The first kappa shape index (κ1) is 17.8. The monoisotopic (exact) mass is 366 g/mol. The van der Waals surface area contributed by atoms with Crippen LogP contribution >= 0.6 is 11.3 Å². The fraction of sp³-hybridized carbons (Fsp3) is 0.150. The van der Waals surface area contributed by atoms with E-state index in [0.717, 1.165) is 10.6 Å². The number of thiazole rings is 1. The van der Waals surface area contributed by atoms with E-state index in [2.05, 4.69) is 10.3 Å². The smallest absolute Gasteiger partial charge is 0.262 e. The van der Waals surface area contributed by atoms with Crippen LogP contribution in [0.4, 0.5) is 5.69 Å². The lowest BCUT2D eigenvalue weighted by Crippen LogP contribution is -2.20. The summed E-state index contributed by atoms with van der Waals surface area (Å²) in [6.45, 7) is 1.72. The number of carbonyl (C=O) groups is 2. The molecular weight excluding hydrogens is 348 g/mol. The fourth-order valence-electron chi connectivity index (χ4n) is 2.35. The summed E-state index contributed by atoms with van der Waals surface area (Å²) in [6.07, 6.45) is 2.22. The first-order chi connectivity index (χ1) is 12.7. The number of nitrogens with one attached hydrogen (secondary N) is 1. The summed E-state index contributed by atoms with van der Waals surface area (Å²) in [5.41, 5.74) is 2.35. The third-order valence-corrected chi connectivity index (χ3v) is 4.54. The van der Waals surface area contributed by atoms with Crippen LogP contribution in [-0.2, 0) is 4.79 Å². The van der Waals surface area contributed by atoms with Gasteiger partial charge in [0.2, 0.25) is 0 Å². The zero-order valence-electron chi connectivity index (χ0n) is 14.3. The van der Waals surface area contributed by atoms with E-state index in [-0.39, 0.29) is 18.3 Å². The second-order valence-electron chi connectivity index (χ2n) is 5.55. The first-order valence-corrected chi connectivity index (χ1v) is 9.09. The van der Waals surface area contributed by atoms with Crippen molar-refractivity contribution >= 4 is 28.7 Å². The van der Waals surface area contributed by atoms with Crippen LogP contribution in [0, 0.1) is 0 Å². The van der Waals surface area contributed by atoms with Gasteiger partial charge in [0.1, 0.15) is 10.8 Å². The summed E-state index contributed by atoms with van der Waals surface area (Å²) < 4.78 is 5.46. The highest BCUT2D eigenvalue weighted by Gasteiger charge is 2.07. The number of ketones is 1. The zero-order valence-corrected chi connectivity index (χ0v) is 15.1. The van der Waals surface area contributed by atoms with Gasteiger partial charge in [0.05, 0.1) is 0 Å². The second-order valence-corrected chi connectivity index (χ2v) is 6.45. The lowest BCUT2D eigenvalue weighted by molar-refractivity contribution is -0.118. The van der Waals surface area contributed by atoms with Gasteiger partial charge in [-0.2, -0.15) is 0 Å². The number of hydrogen-bond donors (Lipinski definition) is 1. The van der Waals surface area contributed by atoms with Crippen LogP contribution in [-0.4, -0.2) is 23.3 Å². The maximum absolute atomic E-state index is 12.0. The molecule has 0 bridgehead atoms. The van der Waals surface area contributed by atoms with E-state index >= 15 is 0 Å². The lowest BCUT2D eigenvalue weighted by Gasteiger charge is -2.08. The summed E-state index contributed by atoms with van der Waals surface area (Å²) in [7, 11) is 0. The summed E-state index contributed by atoms with van der Waals surface area (Å²) in [5, 5.41) is 5.65. The number of anilines is 1. The molecule has 0 saturated carbocycles. The van der Waals surface area contributed by atoms with E-state index in [0.29, 0.717) is 23.4 Å². The highest BCUT2D eigenvalue weighted by molar-refractivity contribution is 7.13. The van der Waals surface area contributed by atoms with Crippen molar-refractivity contribution in [2.75, 3.05) is 11.9 Å². The summed E-state index contributed by atoms with van der Waals surface area (Å²) in [5.74, 6) is 0.378. The molecule has 0 aliphatic carbocycles. The maximum atomic E-state index is 12.0. The number of aromatic nitrogens is 1. The normalized spacial score (nSPS) is 10.3. The molecule has 1 amide bonds. The Labute approximate surface area is 155 Å². The highest BCUT2D eigenvalue weighted by Crippen LogP contribution is 2.23. The van der Waals surface area contributed by atoms with Gasteiger partial charge in [0, 0.05) is 34.8 Å². The molecular formula is C20H18N2O3S. The molecule has 5 nitrogen and oxygen atoms in total. The van der Waals surface area contributed by atoms with Gasteiger partial charge < -0.3 is 10.1 Å². The summed E-state index contributed by atoms with van der Waals surface area (Å²) >= 11 is 1.57. The molecule has 2 aromatic carbocycles. The molecule has 0 atom stereocenters. The number of carbonyl (C=O) groups excluding carboxylic acids is 2. The first-order valence-electron chi connectivity index (χ1n) is 8.21. The van der Waals surface area contributed by atoms with Crippen LogP contribution in [0.5, 0.6) is 5.75 Å². The fourth-order valence-corrected chi connectivity index (χ4v) is 2.99. The molecule has 1 N–H and O–H groups in total. The average Bonchev–Trinajstić information content (AvgIpc) is 3.21. The summed E-state index contributed by atoms with van der Waals surface area (Å²) in [6, 6.07) is 14.3. The standard InChI is InChI=1S/C20H18N2O3S/c1-2-18(23)14-5-9-17(10-6-14)25-13-19(24)22-16-7-3-15(4-8-16)20-21-11-12-26-20/h3-12H,2,13H2,1H3,(H,22,24). The Morgan fingerprint density at radius 1 is 1.08 bits per heavy atom. The average molecular weight is 366 g/mol. The topological polar surface area (TPSA) is 68.3 Å². The SMILES string of the molecule is CCC(=O)c1ccc(OCC(=O)Nc2ccc(-c3nccs3)cc2)cc1. The van der Waals surface area contributed by atoms with Crippen LogP contribution in [0.1, 0.15) is 23.7 Å². The van der Waals surface area contributed by atoms with Crippen molar-refractivity contribution in [3.63, 3.8) is 0 Å². The second kappa shape index (κ2) is 8.40. The van der Waals surface area contributed by atoms with Crippen molar-refractivity contribution in [2.45, 2.75) is 13.3 Å². The number of Topliss-reactive ketones (excluding diaryl/α,β-unsaturated/α-hetero) is 1. The Bertz CT molecular complexity index is 872. The highest BCUT2D eigenvalue weighted by atomic mass is 32.1. The Morgan fingerprint density at radius 2 is 1.81 bits per heavy atom. The van der Waals surface area contributed by atoms with Gasteiger partial charge in [-0.15, -0.1) is 11.3 Å². The molecule has 0 aliphatic heterocycles. The number of amides is 1. The lowest BCUT2D eigenvalue weighted by atomic mass is 10.1. The van der Waals surface area contributed by atoms with Crippen LogP contribution < -0.4 is 10.1 Å². The van der Waals surface area contributed by atoms with E-state index in [9.17, 15) is 9.59 Å². The molecule has 0 aliphatic rings. The molecule has 0 unspecified atom stereocenters. The van der Waals surface area contributed by atoms with Gasteiger partial charge in [-0.3, -0.25) is 9.59 Å². The molecule has 0 radical (unpaired) electrons. The van der Waals surface area contributed by atoms with Crippen molar-refractivity contribution in [3.8, 4) is 16.3 Å². The Hall–Kier alpha value is -2.99. The van der Waals surface area contributed by atoms with Gasteiger partial charge in [-0.1, -0.05) is 6.92 Å². The van der Waals surface area contributed by atoms with Gasteiger partial charge in [-0.25, -0.2) is 4.98 Å². The largest absolute Gasteiger partial charge is 0.484 e. The van der Waals surface area contributed by atoms with Crippen molar-refractivity contribution < 1.29 is 14.3 Å². The predicted octanol–water partition coefficient (Wildman–Crippen LogP) is 4.42. The molecule has 3 aromatic rings. The molecule has 1 aromatic heterocycles. The molecule has 6 heteroatoms. The van der Waals surface area contributed by atoms with Gasteiger partial charge in [0.15, 0.2) is 12.4 Å². The van der Waals surface area contributed by atoms with Crippen LogP contribution in [0.15, 0.2) is 60.1 Å². The van der Waals surface area contributed by atoms with E-state index in [1.54, 1.807) is 41.8 Å². The summed E-state index contributed by atoms with van der Waals surface area (Å²) in [4.78, 5) is 27.9. The Morgan fingerprint density at radius 3 is 2.42 bits per heavy atom. The zero-order chi connectivity index (χ0) is 18.4. The maximum Gasteiger partial charge on any atom is 0.262 e. The molecule has 1 heterocycles. The predicted molar refractivity (Wildman–Crippen MR) is 103 cm³/mol. The van der Waals surface area contributed by atoms with Crippen LogP contribution in [0.3, 0.4) is 0 Å². The van der Waals surface area contributed by atoms with Gasteiger partial charge >= 0.3 is 0 Å². The van der Waals surface area contributed by atoms with Crippen LogP contribution in [0.2, 0.25) is 0 Å². The van der Waals surface area contributed by atoms with E-state index in [4.69, 9.17) is 4.74 Å². The number of benzene rings is 2. The van der Waals surface area contributed by atoms with E-state index in [1.165, 1.54) is 0 Å². The van der Waals surface area contributed by atoms with E-state index < -0.39 is 0 Å². The molecule has 3 rings (SSSR count). The molecule has 0 fully saturated rings. The Kier molecular flexibility index (Phi) is 5.76. The number of hydrogen-bond acceptors (Lipinski definition) is 5. The minimum Gasteiger partial charge on any atom is -0.484 e. The van der Waals surface area contributed by atoms with Crippen LogP contribution in [0.25, 0.3) is 10.6 Å². The molecule has 0 saturated heterocycles. The minimum atomic E-state index is -0.249. The van der Waals surface area contributed by atoms with Gasteiger partial charge in [0.25, 0.3) is 5.91 Å². The molecule has 26 heavy (non-hydrogen) atoms. The van der Waals surface area contributed by atoms with Crippen molar-refractivity contribution in [2.24, 2.45) is 0 Å². The Balaban J connectivity index is 1.51. The van der Waals surface area contributed by atoms with Crippen molar-refractivity contribution in [1.82, 2.24) is 4.98 Å². The van der Waals surface area contributed by atoms with Gasteiger partial charge in [-0.05, 0) is 48.5 Å². The number of nitrogens with zero attached hydrogens (tertiary/aromatic N) is 1.